The fourth-order valence-corrected chi connectivity index (χ4v) is 6.18. The quantitative estimate of drug-likeness (QED) is 0.0885. The number of carbonyl (C=O) groups excluding carboxylic acids is 4. The molecule has 4 heterocycles. The predicted octanol–water partition coefficient (Wildman–Crippen LogP) is -1.68. The van der Waals surface area contributed by atoms with Gasteiger partial charge in [0.1, 0.15) is 6.10 Å². The van der Waals surface area contributed by atoms with Crippen molar-refractivity contribution in [1.82, 2.24) is 9.80 Å². The minimum atomic E-state index is -5.39. The van der Waals surface area contributed by atoms with Crippen LogP contribution < -0.4 is 11.5 Å². The van der Waals surface area contributed by atoms with Gasteiger partial charge in [0.05, 0.1) is 6.61 Å². The largest absolute Gasteiger partial charge is 0.559 e. The zero-order valence-electron chi connectivity index (χ0n) is 22.6. The number of primary amides is 2. The lowest BCUT2D eigenvalue weighted by Crippen LogP contribution is -2.40. The molecular weight excluding hydrogens is 636 g/mol. The van der Waals surface area contributed by atoms with E-state index in [1.807, 2.05) is 0 Å². The van der Waals surface area contributed by atoms with Crippen LogP contribution in [0.15, 0.2) is 53.3 Å². The lowest BCUT2D eigenvalue weighted by molar-refractivity contribution is -0.136. The van der Waals surface area contributed by atoms with Gasteiger partial charge in [-0.15, -0.1) is 0 Å². The van der Waals surface area contributed by atoms with Crippen LogP contribution in [0, 0.1) is 0 Å². The smallest absolute Gasteiger partial charge is 0.449 e. The third-order valence-electron chi connectivity index (χ3n) is 6.25. The highest BCUT2D eigenvalue weighted by molar-refractivity contribution is 7.61. The second-order valence-corrected chi connectivity index (χ2v) is 12.5. The number of aliphatic hydroxyl groups excluding tert-OH is 2. The van der Waals surface area contributed by atoms with Crippen molar-refractivity contribution >= 4 is 44.9 Å². The van der Waals surface area contributed by atoms with E-state index < -0.39 is 82.3 Å². The summed E-state index contributed by atoms with van der Waals surface area (Å²) in [5, 5.41) is 23.9. The maximum Gasteiger partial charge on any atom is 0.559 e. The summed E-state index contributed by atoms with van der Waals surface area (Å²) in [6.07, 6.45) is 0.572. The van der Waals surface area contributed by atoms with Crippen molar-refractivity contribution in [3.8, 4) is 0 Å². The number of allylic oxidation sites excluding steroid dienone is 2. The Hall–Kier alpha value is -3.71. The minimum Gasteiger partial charge on any atom is -0.449 e. The maximum absolute atomic E-state index is 12.8. The first-order chi connectivity index (χ1) is 20.6. The Balaban J connectivity index is 1.37. The summed E-state index contributed by atoms with van der Waals surface area (Å²) in [7, 11) is -9.74. The van der Waals surface area contributed by atoms with E-state index in [1.165, 1.54) is 41.9 Å². The Bertz CT molecular complexity index is 1470. The van der Waals surface area contributed by atoms with Gasteiger partial charge in [0.25, 0.3) is 11.7 Å². The van der Waals surface area contributed by atoms with Crippen LogP contribution in [0.3, 0.4) is 0 Å². The van der Waals surface area contributed by atoms with Gasteiger partial charge in [0, 0.05) is 43.1 Å². The third kappa shape index (κ3) is 7.32. The van der Waals surface area contributed by atoms with Gasteiger partial charge in [-0.25, -0.2) is 9.13 Å². The van der Waals surface area contributed by atoms with Gasteiger partial charge < -0.3 is 45.8 Å². The van der Waals surface area contributed by atoms with Crippen LogP contribution in [0.4, 0.5) is 0 Å². The Labute approximate surface area is 247 Å². The highest BCUT2D eigenvalue weighted by atomic mass is 31.3. The first kappa shape index (κ1) is 33.2. The zero-order chi connectivity index (χ0) is 32.4. The standard InChI is InChI=1S/C22H27N5O15P2/c1-37-44(36,41-25-20-15(29)17(31)22(40-20)27-7-3-5-12(9-27)19(24)33)42-43(34,35)38-10-13-14(28)16(30)21(39-13)26-6-2-4-11(8-26)18(23)32/h2-3,6-9,13,15,17,21-22,29,31H,4-5,10H2,1H3,(H2,23,32)(H2,24,33)(H,34,35)/b25-20+/t13-,15+,17-,21-,22+,44?/m1/s1. The van der Waals surface area contributed by atoms with Crippen LogP contribution in [-0.4, -0.2) is 98.7 Å². The van der Waals surface area contributed by atoms with E-state index >= 15 is 0 Å². The van der Waals surface area contributed by atoms with E-state index in [9.17, 15) is 43.4 Å². The van der Waals surface area contributed by atoms with E-state index in [1.54, 1.807) is 0 Å². The number of carbonyl (C=O) groups is 4. The number of rotatable bonds is 12. The molecule has 0 aromatic rings. The minimum absolute atomic E-state index is 0.126. The summed E-state index contributed by atoms with van der Waals surface area (Å²) in [6.45, 7) is -1.03. The summed E-state index contributed by atoms with van der Waals surface area (Å²) in [5.74, 6) is -4.44. The molecule has 7 atom stereocenters. The van der Waals surface area contributed by atoms with E-state index in [-0.39, 0.29) is 24.0 Å². The molecule has 0 bridgehead atoms. The fraction of sp³-hybridized carbons (Fsp3) is 0.409. The van der Waals surface area contributed by atoms with Gasteiger partial charge in [0.15, 0.2) is 12.2 Å². The molecule has 22 heteroatoms. The summed E-state index contributed by atoms with van der Waals surface area (Å²) >= 11 is 0. The third-order valence-corrected chi connectivity index (χ3v) is 9.08. The van der Waals surface area contributed by atoms with E-state index in [4.69, 9.17) is 20.9 Å². The molecule has 4 aliphatic heterocycles. The number of Topliss-reactive ketones (excluding diaryl/α,β-unsaturated/α-hetero) is 2. The summed E-state index contributed by atoms with van der Waals surface area (Å²) < 4.78 is 54.2. The Kier molecular flexibility index (Phi) is 9.89. The topological polar surface area (TPSA) is 289 Å². The van der Waals surface area contributed by atoms with Crippen LogP contribution in [0.5, 0.6) is 0 Å². The van der Waals surface area contributed by atoms with Gasteiger partial charge >= 0.3 is 15.6 Å². The number of aliphatic hydroxyl groups is 2. The Morgan fingerprint density at radius 1 is 1.05 bits per heavy atom. The normalized spacial score (nSPS) is 30.5. The molecule has 0 radical (unpaired) electrons. The van der Waals surface area contributed by atoms with Crippen LogP contribution in [0.1, 0.15) is 12.8 Å². The average Bonchev–Trinajstić information content (AvgIpc) is 3.44. The second-order valence-electron chi connectivity index (χ2n) is 9.25. The first-order valence-electron chi connectivity index (χ1n) is 12.4. The number of hydrogen-bond acceptors (Lipinski definition) is 17. The molecule has 2 fully saturated rings. The van der Waals surface area contributed by atoms with E-state index in [2.05, 4.69) is 23.1 Å². The summed E-state index contributed by atoms with van der Waals surface area (Å²) in [5.41, 5.74) is 10.8. The molecular formula is C22H27N5O15P2. The van der Waals surface area contributed by atoms with Gasteiger partial charge in [-0.05, 0) is 18.0 Å². The van der Waals surface area contributed by atoms with Crippen molar-refractivity contribution in [2.75, 3.05) is 13.7 Å². The lowest BCUT2D eigenvalue weighted by Gasteiger charge is -2.27. The molecule has 2 saturated heterocycles. The number of nitrogens with zero attached hydrogens (tertiary/aromatic N) is 3. The van der Waals surface area contributed by atoms with Crippen molar-refractivity contribution in [1.29, 1.82) is 0 Å². The van der Waals surface area contributed by atoms with Crippen molar-refractivity contribution in [3.63, 3.8) is 0 Å². The first-order valence-corrected chi connectivity index (χ1v) is 15.4. The van der Waals surface area contributed by atoms with Crippen LogP contribution in [-0.2, 0) is 55.8 Å². The van der Waals surface area contributed by atoms with Crippen LogP contribution in [0.2, 0.25) is 0 Å². The number of phosphoric ester groups is 1. The zero-order valence-corrected chi connectivity index (χ0v) is 24.4. The summed E-state index contributed by atoms with van der Waals surface area (Å²) in [4.78, 5) is 60.1. The Morgan fingerprint density at radius 3 is 2.23 bits per heavy atom. The lowest BCUT2D eigenvalue weighted by atomic mass is 10.1. The number of nitrogens with two attached hydrogens (primary N) is 2. The number of oxime groups is 1. The molecule has 0 aromatic heterocycles. The molecule has 4 aliphatic rings. The SMILES string of the molecule is COP(=O)(O/N=C1/O[C@H](N2C=CCC(C(N)=O)=C2)[C@H](O)[C@@H]1O)OP(=O)(O)OC[C@H]1O[C@@H](N2C=CCC(C(N)=O)=C2)C(=O)C1=O. The van der Waals surface area contributed by atoms with Crippen LogP contribution in [0.25, 0.3) is 0 Å². The number of hydrogen-bond donors (Lipinski definition) is 5. The molecule has 0 saturated carbocycles. The molecule has 240 valence electrons. The van der Waals surface area contributed by atoms with Crippen molar-refractivity contribution in [3.05, 3.63) is 48.1 Å². The van der Waals surface area contributed by atoms with Crippen LogP contribution >= 0.6 is 15.6 Å². The summed E-state index contributed by atoms with van der Waals surface area (Å²) in [6, 6.07) is 0. The highest BCUT2D eigenvalue weighted by Crippen LogP contribution is 2.63. The number of amides is 2. The van der Waals surface area contributed by atoms with Gasteiger partial charge in [0.2, 0.25) is 30.1 Å². The monoisotopic (exact) mass is 663 g/mol. The molecule has 0 aliphatic carbocycles. The van der Waals surface area contributed by atoms with Crippen molar-refractivity contribution in [2.24, 2.45) is 16.6 Å². The number of ether oxygens (including phenoxy) is 2. The molecule has 4 rings (SSSR count). The van der Waals surface area contributed by atoms with E-state index in [0.29, 0.717) is 0 Å². The fourth-order valence-electron chi connectivity index (χ4n) is 4.03. The molecule has 0 aromatic carbocycles. The van der Waals surface area contributed by atoms with Gasteiger partial charge in [-0.1, -0.05) is 12.2 Å². The van der Waals surface area contributed by atoms with Gasteiger partial charge in [-0.2, -0.15) is 4.31 Å². The maximum atomic E-state index is 12.8. The molecule has 2 amide bonds. The molecule has 7 N–H and O–H groups in total. The molecule has 2 unspecified atom stereocenters. The molecule has 44 heavy (non-hydrogen) atoms. The second kappa shape index (κ2) is 13.1. The number of phosphoric acid groups is 2. The highest BCUT2D eigenvalue weighted by Gasteiger charge is 2.48. The molecule has 20 nitrogen and oxygen atoms in total. The van der Waals surface area contributed by atoms with E-state index in [0.717, 1.165) is 12.0 Å². The van der Waals surface area contributed by atoms with Crippen molar-refractivity contribution in [2.45, 2.75) is 43.6 Å². The average molecular weight is 663 g/mol. The number of ketones is 2. The van der Waals surface area contributed by atoms with Crippen molar-refractivity contribution < 1.29 is 70.9 Å². The van der Waals surface area contributed by atoms with Gasteiger partial charge in [-0.3, -0.25) is 32.9 Å². The molecule has 0 spiro atoms. The predicted molar refractivity (Wildman–Crippen MR) is 141 cm³/mol. The Morgan fingerprint density at radius 2 is 1.64 bits per heavy atom.